The second-order valence-corrected chi connectivity index (χ2v) is 12.5. The first-order valence-electron chi connectivity index (χ1n) is 15.4. The molecule has 12 atom stereocenters. The van der Waals surface area contributed by atoms with E-state index < -0.39 is 73.2 Å². The lowest BCUT2D eigenvalue weighted by Crippen LogP contribution is -2.44. The molecule has 0 aromatic rings. The van der Waals surface area contributed by atoms with Gasteiger partial charge in [0, 0.05) is 0 Å². The minimum absolute atomic E-state index is 0. The zero-order chi connectivity index (χ0) is 33.9. The molecule has 43 heavy (non-hydrogen) atoms. The van der Waals surface area contributed by atoms with E-state index in [1.165, 1.54) is 0 Å². The van der Waals surface area contributed by atoms with E-state index in [0.717, 1.165) is 0 Å². The molecule has 0 heterocycles. The summed E-state index contributed by atoms with van der Waals surface area (Å²) < 4.78 is 0. The number of hydrogen-bond donors (Lipinski definition) is 12. The predicted octanol–water partition coefficient (Wildman–Crippen LogP) is 0.294. The van der Waals surface area contributed by atoms with Gasteiger partial charge in [0.25, 0.3) is 0 Å². The van der Waals surface area contributed by atoms with E-state index in [0.29, 0.717) is 38.5 Å². The van der Waals surface area contributed by atoms with Crippen molar-refractivity contribution in [3.8, 4) is 0 Å². The normalized spacial score (nSPS) is 20.1. The Morgan fingerprint density at radius 2 is 0.442 bits per heavy atom. The molecule has 12 heteroatoms. The molecule has 0 fully saturated rings. The van der Waals surface area contributed by atoms with Crippen molar-refractivity contribution < 1.29 is 61.3 Å². The molecule has 0 bridgehead atoms. The van der Waals surface area contributed by atoms with Crippen LogP contribution in [0.4, 0.5) is 0 Å². The SMILES string of the molecule is C.CC[C@@H](O)[C@@H](O)[C@H](O)[C@@H](O)CC(C)C.CC[C@@H](O)[C@@H](O)[C@H](O)[C@H](O)CC(C)C.CC[C@H](O)[C@@H](O)[C@H](O)[C@H](O)CC(C)C. The highest BCUT2D eigenvalue weighted by Crippen LogP contribution is 2.16. The number of rotatable bonds is 18. The van der Waals surface area contributed by atoms with Gasteiger partial charge in [-0.3, -0.25) is 0 Å². The van der Waals surface area contributed by atoms with E-state index in [1.807, 2.05) is 41.5 Å². The summed E-state index contributed by atoms with van der Waals surface area (Å²) in [5.74, 6) is 0.724. The quantitative estimate of drug-likeness (QED) is 0.0974. The standard InChI is InChI=1S/3C10H22O4.CH4/c3*1-4-7(11)9(13)10(14)8(12)5-6(2)3;/h3*6-14H,4-5H2,1-3H3;1H4/t7-,8+,9+,10+;7-,8+,9-,10-;7-,8-,9-,10-;/m011./s1. The van der Waals surface area contributed by atoms with Gasteiger partial charge in [0.1, 0.15) is 36.6 Å². The maximum atomic E-state index is 9.48. The fourth-order valence-corrected chi connectivity index (χ4v) is 3.96. The molecule has 0 aromatic carbocycles. The lowest BCUT2D eigenvalue weighted by Gasteiger charge is -2.26. The van der Waals surface area contributed by atoms with Gasteiger partial charge in [-0.25, -0.2) is 0 Å². The lowest BCUT2D eigenvalue weighted by molar-refractivity contribution is -0.109. The van der Waals surface area contributed by atoms with Gasteiger partial charge in [-0.05, 0) is 56.3 Å². The summed E-state index contributed by atoms with van der Waals surface area (Å²) in [5, 5.41) is 113. The molecular weight excluding hydrogens is 564 g/mol. The largest absolute Gasteiger partial charge is 0.390 e. The second kappa shape index (κ2) is 26.7. The summed E-state index contributed by atoms with van der Waals surface area (Å²) in [5.41, 5.74) is 0. The third kappa shape index (κ3) is 22.6. The lowest BCUT2D eigenvalue weighted by atomic mass is 9.95. The molecular formula is C31H70O12. The Morgan fingerprint density at radius 3 is 0.558 bits per heavy atom. The summed E-state index contributed by atoms with van der Waals surface area (Å²) in [7, 11) is 0. The molecule has 0 radical (unpaired) electrons. The van der Waals surface area contributed by atoms with Crippen molar-refractivity contribution in [2.75, 3.05) is 0 Å². The van der Waals surface area contributed by atoms with Crippen molar-refractivity contribution >= 4 is 0 Å². The smallest absolute Gasteiger partial charge is 0.108 e. The molecule has 0 saturated heterocycles. The highest BCUT2D eigenvalue weighted by molar-refractivity contribution is 4.82. The second-order valence-electron chi connectivity index (χ2n) is 12.5. The summed E-state index contributed by atoms with van der Waals surface area (Å²) in [6.45, 7) is 16.6. The third-order valence-corrected chi connectivity index (χ3v) is 6.81. The fraction of sp³-hybridized carbons (Fsp3) is 1.00. The Bertz CT molecular complexity index is 528. The van der Waals surface area contributed by atoms with Crippen molar-refractivity contribution in [1.29, 1.82) is 0 Å². The molecule has 12 nitrogen and oxygen atoms in total. The van der Waals surface area contributed by atoms with Gasteiger partial charge >= 0.3 is 0 Å². The minimum atomic E-state index is -1.27. The molecule has 0 saturated carbocycles. The van der Waals surface area contributed by atoms with Gasteiger partial charge in [-0.1, -0.05) is 69.7 Å². The average Bonchev–Trinajstić information content (AvgIpc) is 2.92. The summed E-state index contributed by atoms with van der Waals surface area (Å²) in [6.07, 6.45) is -11.2. The Kier molecular flexibility index (Phi) is 30.7. The molecule has 0 aliphatic carbocycles. The Morgan fingerprint density at radius 1 is 0.302 bits per heavy atom. The van der Waals surface area contributed by atoms with Crippen LogP contribution in [0, 0.1) is 17.8 Å². The monoisotopic (exact) mass is 634 g/mol. The molecule has 0 spiro atoms. The highest BCUT2D eigenvalue weighted by atomic mass is 16.4. The van der Waals surface area contributed by atoms with E-state index in [2.05, 4.69) is 0 Å². The van der Waals surface area contributed by atoms with Crippen LogP contribution in [0.1, 0.15) is 108 Å². The zero-order valence-electron chi connectivity index (χ0n) is 27.3. The molecule has 0 amide bonds. The van der Waals surface area contributed by atoms with Gasteiger partial charge in [0.2, 0.25) is 0 Å². The molecule has 0 aromatic heterocycles. The summed E-state index contributed by atoms with van der Waals surface area (Å²) >= 11 is 0. The summed E-state index contributed by atoms with van der Waals surface area (Å²) in [6, 6.07) is 0. The third-order valence-electron chi connectivity index (χ3n) is 6.81. The van der Waals surface area contributed by atoms with Crippen LogP contribution in [0.2, 0.25) is 0 Å². The first-order chi connectivity index (χ1) is 19.2. The van der Waals surface area contributed by atoms with Crippen molar-refractivity contribution in [3.63, 3.8) is 0 Å². The van der Waals surface area contributed by atoms with Crippen LogP contribution in [-0.2, 0) is 0 Å². The topological polar surface area (TPSA) is 243 Å². The molecule has 0 aliphatic heterocycles. The molecule has 0 unspecified atom stereocenters. The van der Waals surface area contributed by atoms with Crippen molar-refractivity contribution in [3.05, 3.63) is 0 Å². The van der Waals surface area contributed by atoms with Gasteiger partial charge in [-0.15, -0.1) is 0 Å². The van der Waals surface area contributed by atoms with Crippen molar-refractivity contribution in [1.82, 2.24) is 0 Å². The molecule has 12 N–H and O–H groups in total. The van der Waals surface area contributed by atoms with Gasteiger partial charge in [-0.2, -0.15) is 0 Å². The average molecular weight is 635 g/mol. The Balaban J connectivity index is -0.000000262. The van der Waals surface area contributed by atoms with Gasteiger partial charge < -0.3 is 61.3 Å². The molecule has 0 aliphatic rings. The van der Waals surface area contributed by atoms with Crippen LogP contribution in [-0.4, -0.2) is 135 Å². The van der Waals surface area contributed by atoms with Crippen molar-refractivity contribution in [2.45, 2.75) is 182 Å². The summed E-state index contributed by atoms with van der Waals surface area (Å²) in [4.78, 5) is 0. The van der Waals surface area contributed by atoms with Crippen molar-refractivity contribution in [2.24, 2.45) is 17.8 Å². The number of hydrogen-bond acceptors (Lipinski definition) is 12. The van der Waals surface area contributed by atoms with Gasteiger partial charge in [0.15, 0.2) is 0 Å². The Labute approximate surface area is 260 Å². The van der Waals surface area contributed by atoms with E-state index in [-0.39, 0.29) is 25.2 Å². The van der Waals surface area contributed by atoms with E-state index in [4.69, 9.17) is 0 Å². The first-order valence-corrected chi connectivity index (χ1v) is 15.4. The van der Waals surface area contributed by atoms with Gasteiger partial charge in [0.05, 0.1) is 36.6 Å². The predicted molar refractivity (Wildman–Crippen MR) is 168 cm³/mol. The van der Waals surface area contributed by atoms with E-state index in [9.17, 15) is 61.3 Å². The van der Waals surface area contributed by atoms with Crippen LogP contribution in [0.15, 0.2) is 0 Å². The van der Waals surface area contributed by atoms with Crippen LogP contribution in [0.25, 0.3) is 0 Å². The van der Waals surface area contributed by atoms with Crippen LogP contribution >= 0.6 is 0 Å². The van der Waals surface area contributed by atoms with E-state index >= 15 is 0 Å². The minimum Gasteiger partial charge on any atom is -0.390 e. The van der Waals surface area contributed by atoms with Crippen LogP contribution < -0.4 is 0 Å². The van der Waals surface area contributed by atoms with Crippen LogP contribution in [0.5, 0.6) is 0 Å². The fourth-order valence-electron chi connectivity index (χ4n) is 3.96. The Hall–Kier alpha value is -0.480. The number of aliphatic hydroxyl groups is 12. The molecule has 266 valence electrons. The number of aliphatic hydroxyl groups excluding tert-OH is 12. The highest BCUT2D eigenvalue weighted by Gasteiger charge is 2.31. The van der Waals surface area contributed by atoms with E-state index in [1.54, 1.807) is 20.8 Å². The van der Waals surface area contributed by atoms with Crippen LogP contribution in [0.3, 0.4) is 0 Å². The first kappa shape index (κ1) is 49.4. The molecule has 0 rings (SSSR count). The maximum absolute atomic E-state index is 9.48. The zero-order valence-corrected chi connectivity index (χ0v) is 27.3. The maximum Gasteiger partial charge on any atom is 0.108 e.